The Morgan fingerprint density at radius 1 is 0.900 bits per heavy atom. The van der Waals surface area contributed by atoms with Crippen molar-refractivity contribution < 1.29 is 33.2 Å². The minimum Gasteiger partial charge on any atom is -0.496 e. The summed E-state index contributed by atoms with van der Waals surface area (Å²) >= 11 is 8.56. The van der Waals surface area contributed by atoms with E-state index in [0.717, 1.165) is 53.8 Å². The molecule has 3 aromatic heterocycles. The number of halogens is 2. The molecule has 0 saturated carbocycles. The normalized spacial score (nSPS) is 13.8. The molecule has 8 aromatic rings. The minimum absolute atomic E-state index is 0.0429. The maximum Gasteiger partial charge on any atom is 0.345 e. The molecule has 1 atom stereocenters. The van der Waals surface area contributed by atoms with Crippen molar-refractivity contribution in [3.8, 4) is 34.5 Å². The van der Waals surface area contributed by atoms with E-state index in [0.29, 0.717) is 72.3 Å². The highest BCUT2D eigenvalue weighted by molar-refractivity contribution is 7.26. The summed E-state index contributed by atoms with van der Waals surface area (Å²) in [6.45, 7) is 5.02. The number of carbonyl (C=O) groups is 1. The van der Waals surface area contributed by atoms with E-state index in [-0.39, 0.29) is 18.9 Å². The molecule has 1 aliphatic heterocycles. The summed E-state index contributed by atoms with van der Waals surface area (Å²) in [6.07, 6.45) is 1.61. The van der Waals surface area contributed by atoms with Gasteiger partial charge in [0.2, 0.25) is 12.0 Å². The van der Waals surface area contributed by atoms with Crippen LogP contribution in [0.4, 0.5) is 4.39 Å². The standard InChI is InChI=1S/C45H38ClFN6O6S/c1-56-34-9-5-3-7-30(34)42-49-15-14-28(52-42)24-58-33-8-4-2-6-26(33)22-36(45(54)55)59-43-39-38-31-12-13-35(57-21-20-53-18-16-48-17-19-53)40(46)37(31)32-23-27(47)10-11-29(32)41(38)60-44(39)51-25-50-43/h2-15,23,25,36,48H,16-22,24H2,1H3,(H,54,55)/t36-/m1/s1. The van der Waals surface area contributed by atoms with Crippen LogP contribution in [0, 0.1) is 5.82 Å². The number of aliphatic carboxylic acids is 1. The lowest BCUT2D eigenvalue weighted by molar-refractivity contribution is -0.145. The first-order valence-electron chi connectivity index (χ1n) is 19.4. The summed E-state index contributed by atoms with van der Waals surface area (Å²) in [6, 6.07) is 24.8. The molecular weight excluding hydrogens is 807 g/mol. The molecule has 1 saturated heterocycles. The largest absolute Gasteiger partial charge is 0.496 e. The van der Waals surface area contributed by atoms with E-state index in [1.165, 1.54) is 29.8 Å². The van der Waals surface area contributed by atoms with E-state index in [1.807, 2.05) is 48.5 Å². The number of nitrogens with zero attached hydrogens (tertiary/aromatic N) is 5. The Kier molecular flexibility index (Phi) is 11.3. The zero-order chi connectivity index (χ0) is 41.2. The number of ether oxygens (including phenoxy) is 4. The molecule has 15 heteroatoms. The molecule has 0 amide bonds. The highest BCUT2D eigenvalue weighted by Crippen LogP contribution is 2.49. The second kappa shape index (κ2) is 17.2. The summed E-state index contributed by atoms with van der Waals surface area (Å²) in [5, 5.41) is 18.2. The van der Waals surface area contributed by atoms with Crippen LogP contribution < -0.4 is 24.3 Å². The molecule has 5 aromatic carbocycles. The predicted octanol–water partition coefficient (Wildman–Crippen LogP) is 8.35. The van der Waals surface area contributed by atoms with Gasteiger partial charge in [-0.3, -0.25) is 4.90 Å². The Hall–Kier alpha value is -6.19. The van der Waals surface area contributed by atoms with E-state index in [2.05, 4.69) is 25.2 Å². The fourth-order valence-corrected chi connectivity index (χ4v) is 9.15. The zero-order valence-corrected chi connectivity index (χ0v) is 33.9. The number of rotatable bonds is 14. The van der Waals surface area contributed by atoms with Crippen molar-refractivity contribution in [1.29, 1.82) is 0 Å². The van der Waals surface area contributed by atoms with Crippen LogP contribution in [-0.2, 0) is 17.8 Å². The molecule has 2 N–H and O–H groups in total. The number of thiophene rings is 1. The second-order valence-electron chi connectivity index (χ2n) is 14.2. The smallest absolute Gasteiger partial charge is 0.345 e. The summed E-state index contributed by atoms with van der Waals surface area (Å²) in [7, 11) is 1.59. The molecule has 0 unspecified atom stereocenters. The van der Waals surface area contributed by atoms with Gasteiger partial charge in [-0.05, 0) is 64.9 Å². The van der Waals surface area contributed by atoms with E-state index in [9.17, 15) is 14.3 Å². The summed E-state index contributed by atoms with van der Waals surface area (Å²) in [5.41, 5.74) is 1.98. The van der Waals surface area contributed by atoms with Gasteiger partial charge in [-0.15, -0.1) is 11.3 Å². The molecule has 304 valence electrons. The minimum atomic E-state index is -1.36. The van der Waals surface area contributed by atoms with Crippen LogP contribution in [0.15, 0.2) is 97.5 Å². The number of nitrogens with one attached hydrogen (secondary N) is 1. The van der Waals surface area contributed by atoms with Crippen LogP contribution >= 0.6 is 22.9 Å². The third-order valence-electron chi connectivity index (χ3n) is 10.5. The van der Waals surface area contributed by atoms with Crippen LogP contribution in [0.25, 0.3) is 53.2 Å². The van der Waals surface area contributed by atoms with Gasteiger partial charge in [0.05, 0.1) is 28.8 Å². The van der Waals surface area contributed by atoms with Crippen molar-refractivity contribution >= 4 is 70.8 Å². The topological polar surface area (TPSA) is 141 Å². The van der Waals surface area contributed by atoms with Crippen LogP contribution in [0.2, 0.25) is 5.02 Å². The fourth-order valence-electron chi connectivity index (χ4n) is 7.64. The molecule has 1 aliphatic rings. The van der Waals surface area contributed by atoms with E-state index >= 15 is 0 Å². The molecule has 0 bridgehead atoms. The van der Waals surface area contributed by atoms with Crippen LogP contribution in [0.3, 0.4) is 0 Å². The third-order valence-corrected chi connectivity index (χ3v) is 12.0. The first-order chi connectivity index (χ1) is 29.4. The maximum atomic E-state index is 14.9. The lowest BCUT2D eigenvalue weighted by Gasteiger charge is -2.27. The number of benzene rings is 5. The van der Waals surface area contributed by atoms with Crippen molar-refractivity contribution in [3.63, 3.8) is 0 Å². The van der Waals surface area contributed by atoms with Crippen LogP contribution in [-0.4, -0.2) is 88.5 Å². The lowest BCUT2D eigenvalue weighted by atomic mass is 9.97. The number of para-hydroxylation sites is 2. The van der Waals surface area contributed by atoms with E-state index < -0.39 is 17.9 Å². The van der Waals surface area contributed by atoms with Gasteiger partial charge in [0.15, 0.2) is 5.82 Å². The van der Waals surface area contributed by atoms with Crippen molar-refractivity contribution in [3.05, 3.63) is 120 Å². The van der Waals surface area contributed by atoms with Gasteiger partial charge in [0.25, 0.3) is 0 Å². The van der Waals surface area contributed by atoms with Crippen molar-refractivity contribution in [2.75, 3.05) is 46.4 Å². The maximum absolute atomic E-state index is 14.9. The third kappa shape index (κ3) is 7.82. The number of aromatic nitrogens is 4. The molecule has 12 nitrogen and oxygen atoms in total. The lowest BCUT2D eigenvalue weighted by Crippen LogP contribution is -2.44. The summed E-state index contributed by atoms with van der Waals surface area (Å²) in [4.78, 5) is 34.0. The molecule has 0 radical (unpaired) electrons. The van der Waals surface area contributed by atoms with Gasteiger partial charge >= 0.3 is 5.97 Å². The van der Waals surface area contributed by atoms with Crippen LogP contribution in [0.1, 0.15) is 11.3 Å². The molecule has 0 spiro atoms. The highest BCUT2D eigenvalue weighted by Gasteiger charge is 2.27. The Bertz CT molecular complexity index is 2890. The monoisotopic (exact) mass is 844 g/mol. The molecule has 60 heavy (non-hydrogen) atoms. The van der Waals surface area contributed by atoms with Gasteiger partial charge in [-0.1, -0.05) is 48.0 Å². The SMILES string of the molecule is COc1ccccc1-c1nccc(COc2ccccc2C[C@@H](Oc2ncnc3sc4c5ccc(F)cc5c5c(Cl)c(OCCN6CCNCC6)ccc5c4c23)C(=O)O)n1. The van der Waals surface area contributed by atoms with Gasteiger partial charge in [0.1, 0.15) is 47.4 Å². The summed E-state index contributed by atoms with van der Waals surface area (Å²) in [5.74, 6) is 0.598. The number of carboxylic acid groups (broad SMARTS) is 1. The number of hydrogen-bond acceptors (Lipinski definition) is 12. The Morgan fingerprint density at radius 2 is 1.70 bits per heavy atom. The average Bonchev–Trinajstić information content (AvgIpc) is 3.68. The first-order valence-corrected chi connectivity index (χ1v) is 20.6. The quantitative estimate of drug-likeness (QED) is 0.102. The Morgan fingerprint density at radius 3 is 2.53 bits per heavy atom. The average molecular weight is 845 g/mol. The van der Waals surface area contributed by atoms with Gasteiger partial charge < -0.3 is 29.4 Å². The molecule has 4 heterocycles. The number of methoxy groups -OCH3 is 1. The molecular formula is C45H38ClFN6O6S. The fraction of sp³-hybridized carbons (Fsp3) is 0.222. The van der Waals surface area contributed by atoms with Gasteiger partial charge in [-0.25, -0.2) is 29.1 Å². The summed E-state index contributed by atoms with van der Waals surface area (Å²) < 4.78 is 40.1. The Labute approximate surface area is 352 Å². The van der Waals surface area contributed by atoms with Gasteiger partial charge in [-0.2, -0.15) is 0 Å². The first kappa shape index (κ1) is 39.3. The number of carboxylic acids is 1. The van der Waals surface area contributed by atoms with Crippen molar-refractivity contribution in [2.45, 2.75) is 19.1 Å². The Balaban J connectivity index is 1.03. The van der Waals surface area contributed by atoms with Gasteiger partial charge in [0, 0.05) is 66.2 Å². The second-order valence-corrected chi connectivity index (χ2v) is 15.6. The molecule has 0 aliphatic carbocycles. The number of fused-ring (bicyclic) bond motifs is 8. The number of piperazine rings is 1. The molecule has 1 fully saturated rings. The number of hydrogen-bond donors (Lipinski definition) is 2. The van der Waals surface area contributed by atoms with E-state index in [1.54, 1.807) is 37.6 Å². The van der Waals surface area contributed by atoms with E-state index in [4.69, 9.17) is 35.5 Å². The zero-order valence-electron chi connectivity index (χ0n) is 32.4. The highest BCUT2D eigenvalue weighted by atomic mass is 35.5. The van der Waals surface area contributed by atoms with Crippen molar-refractivity contribution in [2.24, 2.45) is 0 Å². The van der Waals surface area contributed by atoms with Crippen molar-refractivity contribution in [1.82, 2.24) is 30.2 Å². The van der Waals surface area contributed by atoms with Crippen LogP contribution in [0.5, 0.6) is 23.1 Å². The molecule has 9 rings (SSSR count). The predicted molar refractivity (Wildman–Crippen MR) is 230 cm³/mol.